The highest BCUT2D eigenvalue weighted by molar-refractivity contribution is 5.88. The summed E-state index contributed by atoms with van der Waals surface area (Å²) in [6.07, 6.45) is -5.20. The Hall–Kier alpha value is -3.00. The lowest BCUT2D eigenvalue weighted by molar-refractivity contribution is -0.342. The van der Waals surface area contributed by atoms with Gasteiger partial charge in [0.2, 0.25) is 6.29 Å². The largest absolute Gasteiger partial charge is 0.497 e. The molecule has 2 aliphatic heterocycles. The van der Waals surface area contributed by atoms with Gasteiger partial charge in [0.25, 0.3) is 0 Å². The summed E-state index contributed by atoms with van der Waals surface area (Å²) in [5.74, 6) is -2.75. The van der Waals surface area contributed by atoms with E-state index in [2.05, 4.69) is 0 Å². The molecule has 12 nitrogen and oxygen atoms in total. The van der Waals surface area contributed by atoms with E-state index in [1.807, 2.05) is 0 Å². The third-order valence-electron chi connectivity index (χ3n) is 7.35. The van der Waals surface area contributed by atoms with E-state index in [-0.39, 0.29) is 12.0 Å². The molecule has 1 saturated heterocycles. The minimum atomic E-state index is -1.66. The maximum atomic E-state index is 12.6. The standard InChI is InChI=1S/C26H32O12/c1-12-17(36-19(28)8-5-13-3-6-14(34-2)7-4-13)9-15-16(24(32)33)11-35-25(20(12)15)38-26-23(31)22(30)21(29)18(10-27)37-26/h3-8,11-12,15,17-18,20-23,25-27,29-31H,9-10H2,1-2H3,(H,32,33)/b8-5+/t12-,15-,17+,18-,20+,21-,22+,23-,25+,26+/m1/s1. The number of aliphatic hydroxyl groups excluding tert-OH is 4. The zero-order valence-corrected chi connectivity index (χ0v) is 20.8. The van der Waals surface area contributed by atoms with E-state index in [9.17, 15) is 35.1 Å². The first kappa shape index (κ1) is 28.0. The molecule has 0 spiro atoms. The smallest absolute Gasteiger partial charge is 0.334 e. The minimum Gasteiger partial charge on any atom is -0.497 e. The molecular formula is C26H32O12. The summed E-state index contributed by atoms with van der Waals surface area (Å²) in [7, 11) is 1.55. The van der Waals surface area contributed by atoms with Crippen molar-refractivity contribution in [1.29, 1.82) is 0 Å². The summed E-state index contributed by atoms with van der Waals surface area (Å²) in [5.41, 5.74) is 0.746. The quantitative estimate of drug-likeness (QED) is 0.222. The van der Waals surface area contributed by atoms with E-state index < -0.39 is 79.4 Å². The summed E-state index contributed by atoms with van der Waals surface area (Å²) >= 11 is 0. The Kier molecular flexibility index (Phi) is 8.71. The summed E-state index contributed by atoms with van der Waals surface area (Å²) in [6.45, 7) is 1.14. The van der Waals surface area contributed by atoms with Crippen LogP contribution in [0.15, 0.2) is 42.2 Å². The SMILES string of the molecule is COc1ccc(/C=C/C(=O)O[C@H]2C[C@@H]3C(C(=O)O)=CO[C@@H](O[C@@H]4O[C@H](CO)[C@@H](O)[C@H](O)[C@H]4O)[C@H]3[C@@H]2C)cc1. The number of hydrogen-bond acceptors (Lipinski definition) is 11. The second-order valence-corrected chi connectivity index (χ2v) is 9.58. The van der Waals surface area contributed by atoms with Gasteiger partial charge in [-0.05, 0) is 30.2 Å². The molecule has 0 aromatic heterocycles. The van der Waals surface area contributed by atoms with Crippen molar-refractivity contribution in [3.8, 4) is 5.75 Å². The number of aliphatic carboxylic acids is 1. The number of rotatable bonds is 8. The number of carboxylic acids is 1. The first-order valence-corrected chi connectivity index (χ1v) is 12.2. The summed E-state index contributed by atoms with van der Waals surface area (Å²) in [6, 6.07) is 7.06. The van der Waals surface area contributed by atoms with Crippen molar-refractivity contribution >= 4 is 18.0 Å². The second kappa shape index (κ2) is 11.8. The zero-order valence-electron chi connectivity index (χ0n) is 20.8. The van der Waals surface area contributed by atoms with Crippen molar-refractivity contribution in [1.82, 2.24) is 0 Å². The van der Waals surface area contributed by atoms with Crippen LogP contribution in [0.1, 0.15) is 18.9 Å². The van der Waals surface area contributed by atoms with Crippen molar-refractivity contribution in [3.63, 3.8) is 0 Å². The Bertz CT molecular complexity index is 1050. The van der Waals surface area contributed by atoms with Gasteiger partial charge < -0.3 is 49.2 Å². The number of benzene rings is 1. The van der Waals surface area contributed by atoms with Crippen molar-refractivity contribution in [2.75, 3.05) is 13.7 Å². The summed E-state index contributed by atoms with van der Waals surface area (Å²) in [4.78, 5) is 24.5. The van der Waals surface area contributed by atoms with Crippen LogP contribution in [0.4, 0.5) is 0 Å². The van der Waals surface area contributed by atoms with Crippen LogP contribution in [0.3, 0.4) is 0 Å². The highest BCUT2D eigenvalue weighted by Gasteiger charge is 2.54. The fourth-order valence-corrected chi connectivity index (χ4v) is 5.19. The molecule has 0 amide bonds. The van der Waals surface area contributed by atoms with E-state index >= 15 is 0 Å². The number of carbonyl (C=O) groups is 2. The van der Waals surface area contributed by atoms with E-state index in [4.69, 9.17) is 23.7 Å². The lowest BCUT2D eigenvalue weighted by atomic mass is 9.83. The fourth-order valence-electron chi connectivity index (χ4n) is 5.19. The number of esters is 1. The molecule has 0 bridgehead atoms. The molecule has 1 aromatic carbocycles. The van der Waals surface area contributed by atoms with Gasteiger partial charge in [-0.3, -0.25) is 0 Å². The average molecular weight is 537 g/mol. The molecule has 1 aromatic rings. The molecule has 0 unspecified atom stereocenters. The topological polar surface area (TPSA) is 181 Å². The predicted octanol–water partition coefficient (Wildman–Crippen LogP) is 0.0337. The molecule has 38 heavy (non-hydrogen) atoms. The third-order valence-corrected chi connectivity index (χ3v) is 7.35. The molecule has 4 rings (SSSR count). The van der Waals surface area contributed by atoms with Gasteiger partial charge in [0.05, 0.1) is 25.6 Å². The number of carbonyl (C=O) groups excluding carboxylic acids is 1. The monoisotopic (exact) mass is 536 g/mol. The molecule has 5 N–H and O–H groups in total. The van der Waals surface area contributed by atoms with E-state index in [1.165, 1.54) is 6.08 Å². The van der Waals surface area contributed by atoms with Crippen LogP contribution >= 0.6 is 0 Å². The van der Waals surface area contributed by atoms with Crippen LogP contribution < -0.4 is 4.74 Å². The maximum absolute atomic E-state index is 12.6. The minimum absolute atomic E-state index is 0.0113. The molecule has 0 radical (unpaired) electrons. The Morgan fingerprint density at radius 3 is 2.42 bits per heavy atom. The molecule has 1 aliphatic carbocycles. The first-order valence-electron chi connectivity index (χ1n) is 12.2. The zero-order chi connectivity index (χ0) is 27.6. The van der Waals surface area contributed by atoms with Crippen LogP contribution in [-0.2, 0) is 28.5 Å². The summed E-state index contributed by atoms with van der Waals surface area (Å²) < 4.78 is 27.6. The Balaban J connectivity index is 1.47. The van der Waals surface area contributed by atoms with Crippen molar-refractivity contribution < 1.29 is 58.8 Å². The number of carboxylic acid groups (broad SMARTS) is 1. The van der Waals surface area contributed by atoms with Crippen LogP contribution in [0.25, 0.3) is 6.08 Å². The van der Waals surface area contributed by atoms with Crippen LogP contribution in [-0.4, -0.2) is 94.3 Å². The Labute approximate surface area is 218 Å². The molecule has 3 aliphatic rings. The van der Waals surface area contributed by atoms with Gasteiger partial charge in [-0.1, -0.05) is 19.1 Å². The van der Waals surface area contributed by atoms with E-state index in [0.717, 1.165) is 11.8 Å². The van der Waals surface area contributed by atoms with Crippen molar-refractivity contribution in [2.45, 2.75) is 56.4 Å². The number of methoxy groups -OCH3 is 1. The lowest BCUT2D eigenvalue weighted by Gasteiger charge is -2.43. The second-order valence-electron chi connectivity index (χ2n) is 9.58. The molecule has 2 heterocycles. The molecular weight excluding hydrogens is 504 g/mol. The highest BCUT2D eigenvalue weighted by atomic mass is 16.8. The number of hydrogen-bond donors (Lipinski definition) is 5. The van der Waals surface area contributed by atoms with E-state index in [0.29, 0.717) is 5.75 Å². The normalized spacial score (nSPS) is 36.7. The maximum Gasteiger partial charge on any atom is 0.334 e. The summed E-state index contributed by atoms with van der Waals surface area (Å²) in [5, 5.41) is 49.6. The number of fused-ring (bicyclic) bond motifs is 1. The van der Waals surface area contributed by atoms with Gasteiger partial charge >= 0.3 is 11.9 Å². The Morgan fingerprint density at radius 1 is 1.08 bits per heavy atom. The van der Waals surface area contributed by atoms with Crippen LogP contribution in [0, 0.1) is 17.8 Å². The molecule has 1 saturated carbocycles. The highest BCUT2D eigenvalue weighted by Crippen LogP contribution is 2.48. The number of aliphatic hydroxyl groups is 4. The number of ether oxygens (including phenoxy) is 5. The van der Waals surface area contributed by atoms with Gasteiger partial charge in [0.15, 0.2) is 6.29 Å². The molecule has 208 valence electrons. The van der Waals surface area contributed by atoms with Gasteiger partial charge in [-0.15, -0.1) is 0 Å². The molecule has 12 heteroatoms. The molecule has 2 fully saturated rings. The van der Waals surface area contributed by atoms with Crippen molar-refractivity contribution in [2.24, 2.45) is 17.8 Å². The Morgan fingerprint density at radius 2 is 1.79 bits per heavy atom. The predicted molar refractivity (Wildman–Crippen MR) is 128 cm³/mol. The first-order chi connectivity index (χ1) is 18.1. The van der Waals surface area contributed by atoms with Crippen LogP contribution in [0.2, 0.25) is 0 Å². The average Bonchev–Trinajstić information content (AvgIpc) is 3.23. The van der Waals surface area contributed by atoms with Gasteiger partial charge in [0, 0.05) is 23.8 Å². The van der Waals surface area contributed by atoms with E-state index in [1.54, 1.807) is 44.4 Å². The molecule has 10 atom stereocenters. The van der Waals surface area contributed by atoms with Gasteiger partial charge in [0.1, 0.15) is 36.3 Å². The third kappa shape index (κ3) is 5.70. The van der Waals surface area contributed by atoms with Crippen molar-refractivity contribution in [3.05, 3.63) is 47.7 Å². The van der Waals surface area contributed by atoms with Crippen LogP contribution in [0.5, 0.6) is 5.75 Å². The fraction of sp³-hybridized carbons (Fsp3) is 0.538. The van der Waals surface area contributed by atoms with Gasteiger partial charge in [-0.2, -0.15) is 0 Å². The lowest BCUT2D eigenvalue weighted by Crippen LogP contribution is -2.60. The van der Waals surface area contributed by atoms with Gasteiger partial charge in [-0.25, -0.2) is 9.59 Å².